The number of rotatable bonds is 5. The SMILES string of the molecule is Fc1cccc(F)c1CNc1ccccc1SC(F)F. The van der Waals surface area contributed by atoms with Crippen LogP contribution in [0.1, 0.15) is 5.56 Å². The molecule has 106 valence electrons. The van der Waals surface area contributed by atoms with E-state index in [-0.39, 0.29) is 12.1 Å². The lowest BCUT2D eigenvalue weighted by Gasteiger charge is -2.12. The molecule has 0 radical (unpaired) electrons. The summed E-state index contributed by atoms with van der Waals surface area (Å²) in [5, 5.41) is 2.78. The normalized spacial score (nSPS) is 10.8. The van der Waals surface area contributed by atoms with Crippen molar-refractivity contribution in [3.63, 3.8) is 0 Å². The Kier molecular flexibility index (Phi) is 4.89. The summed E-state index contributed by atoms with van der Waals surface area (Å²) >= 11 is 0.385. The van der Waals surface area contributed by atoms with E-state index in [1.807, 2.05) is 0 Å². The van der Waals surface area contributed by atoms with Crippen LogP contribution >= 0.6 is 11.8 Å². The second kappa shape index (κ2) is 6.65. The van der Waals surface area contributed by atoms with E-state index in [4.69, 9.17) is 0 Å². The average molecular weight is 301 g/mol. The molecule has 2 aromatic rings. The molecule has 20 heavy (non-hydrogen) atoms. The molecular formula is C14H11F4NS. The van der Waals surface area contributed by atoms with Crippen molar-refractivity contribution in [2.75, 3.05) is 5.32 Å². The highest BCUT2D eigenvalue weighted by atomic mass is 32.2. The molecule has 0 aliphatic heterocycles. The van der Waals surface area contributed by atoms with Crippen LogP contribution in [0.4, 0.5) is 23.2 Å². The first-order valence-electron chi connectivity index (χ1n) is 5.78. The highest BCUT2D eigenvalue weighted by Crippen LogP contribution is 2.32. The van der Waals surface area contributed by atoms with Gasteiger partial charge in [-0.05, 0) is 24.3 Å². The minimum atomic E-state index is -2.55. The Morgan fingerprint density at radius 3 is 2.25 bits per heavy atom. The minimum absolute atomic E-state index is 0.112. The van der Waals surface area contributed by atoms with Gasteiger partial charge in [-0.25, -0.2) is 8.78 Å². The van der Waals surface area contributed by atoms with Crippen molar-refractivity contribution >= 4 is 17.4 Å². The number of hydrogen-bond acceptors (Lipinski definition) is 2. The summed E-state index contributed by atoms with van der Waals surface area (Å²) in [6.45, 7) is -0.112. The summed E-state index contributed by atoms with van der Waals surface area (Å²) in [4.78, 5) is 0.333. The second-order valence-electron chi connectivity index (χ2n) is 3.93. The zero-order valence-corrected chi connectivity index (χ0v) is 11.1. The number of para-hydroxylation sites is 1. The molecule has 0 heterocycles. The van der Waals surface area contributed by atoms with Gasteiger partial charge >= 0.3 is 0 Å². The Balaban J connectivity index is 2.15. The molecule has 0 unspecified atom stereocenters. The zero-order valence-electron chi connectivity index (χ0n) is 10.2. The lowest BCUT2D eigenvalue weighted by Crippen LogP contribution is -2.05. The van der Waals surface area contributed by atoms with Crippen molar-refractivity contribution in [3.8, 4) is 0 Å². The Morgan fingerprint density at radius 2 is 1.60 bits per heavy atom. The van der Waals surface area contributed by atoms with Crippen LogP contribution in [-0.4, -0.2) is 5.76 Å². The minimum Gasteiger partial charge on any atom is -0.380 e. The molecule has 0 amide bonds. The fourth-order valence-corrected chi connectivity index (χ4v) is 2.31. The summed E-state index contributed by atoms with van der Waals surface area (Å²) in [7, 11) is 0. The molecule has 1 nitrogen and oxygen atoms in total. The van der Waals surface area contributed by atoms with Gasteiger partial charge in [-0.1, -0.05) is 30.0 Å². The summed E-state index contributed by atoms with van der Waals surface area (Å²) < 4.78 is 51.7. The van der Waals surface area contributed by atoms with Crippen LogP contribution in [0.25, 0.3) is 0 Å². The molecule has 2 rings (SSSR count). The van der Waals surface area contributed by atoms with Crippen LogP contribution in [0, 0.1) is 11.6 Å². The molecule has 0 bridgehead atoms. The van der Waals surface area contributed by atoms with E-state index in [0.717, 1.165) is 12.1 Å². The predicted octanol–water partition coefficient (Wildman–Crippen LogP) is 4.89. The van der Waals surface area contributed by atoms with Crippen molar-refractivity contribution in [1.29, 1.82) is 0 Å². The van der Waals surface area contributed by atoms with Crippen LogP contribution in [0.2, 0.25) is 0 Å². The van der Waals surface area contributed by atoms with Gasteiger partial charge in [0.25, 0.3) is 5.76 Å². The highest BCUT2D eigenvalue weighted by molar-refractivity contribution is 7.99. The van der Waals surface area contributed by atoms with Crippen molar-refractivity contribution in [3.05, 3.63) is 59.7 Å². The van der Waals surface area contributed by atoms with Gasteiger partial charge < -0.3 is 5.32 Å². The van der Waals surface area contributed by atoms with Gasteiger partial charge in [0.2, 0.25) is 0 Å². The maximum Gasteiger partial charge on any atom is 0.288 e. The maximum absolute atomic E-state index is 13.5. The maximum atomic E-state index is 13.5. The zero-order chi connectivity index (χ0) is 14.5. The third-order valence-corrected chi connectivity index (χ3v) is 3.41. The largest absolute Gasteiger partial charge is 0.380 e. The van der Waals surface area contributed by atoms with Crippen LogP contribution in [0.5, 0.6) is 0 Å². The van der Waals surface area contributed by atoms with Crippen LogP contribution in [0.3, 0.4) is 0 Å². The number of nitrogens with one attached hydrogen (secondary N) is 1. The lowest BCUT2D eigenvalue weighted by atomic mass is 10.2. The predicted molar refractivity (Wildman–Crippen MR) is 72.0 cm³/mol. The standard InChI is InChI=1S/C14H11F4NS/c15-10-4-3-5-11(16)9(10)8-19-12-6-1-2-7-13(12)20-14(17)18/h1-7,14,19H,8H2. The Morgan fingerprint density at radius 1 is 0.950 bits per heavy atom. The van der Waals surface area contributed by atoms with Gasteiger partial charge in [-0.3, -0.25) is 0 Å². The third-order valence-electron chi connectivity index (χ3n) is 2.62. The fourth-order valence-electron chi connectivity index (χ4n) is 1.70. The van der Waals surface area contributed by atoms with Crippen molar-refractivity contribution in [2.45, 2.75) is 17.2 Å². The molecule has 0 saturated heterocycles. The van der Waals surface area contributed by atoms with Gasteiger partial charge in [0.1, 0.15) is 11.6 Å². The molecule has 0 fully saturated rings. The van der Waals surface area contributed by atoms with E-state index >= 15 is 0 Å². The van der Waals surface area contributed by atoms with Gasteiger partial charge in [-0.2, -0.15) is 8.78 Å². The Hall–Kier alpha value is -1.69. The van der Waals surface area contributed by atoms with E-state index in [9.17, 15) is 17.6 Å². The van der Waals surface area contributed by atoms with Gasteiger partial charge in [-0.15, -0.1) is 0 Å². The molecular weight excluding hydrogens is 290 g/mol. The highest BCUT2D eigenvalue weighted by Gasteiger charge is 2.11. The molecule has 0 saturated carbocycles. The van der Waals surface area contributed by atoms with E-state index < -0.39 is 17.4 Å². The average Bonchev–Trinajstić information content (AvgIpc) is 2.39. The first kappa shape index (κ1) is 14.7. The van der Waals surface area contributed by atoms with Gasteiger partial charge in [0, 0.05) is 22.7 Å². The molecule has 0 aliphatic carbocycles. The fraction of sp³-hybridized carbons (Fsp3) is 0.143. The van der Waals surface area contributed by atoms with Crippen molar-refractivity contribution in [2.24, 2.45) is 0 Å². The van der Waals surface area contributed by atoms with Crippen LogP contribution in [-0.2, 0) is 6.54 Å². The monoisotopic (exact) mass is 301 g/mol. The van der Waals surface area contributed by atoms with Crippen molar-refractivity contribution < 1.29 is 17.6 Å². The number of thioether (sulfide) groups is 1. The van der Waals surface area contributed by atoms with Gasteiger partial charge in [0.15, 0.2) is 0 Å². The number of halogens is 4. The summed E-state index contributed by atoms with van der Waals surface area (Å²) in [5.41, 5.74) is 0.296. The Labute approximate surface area is 118 Å². The summed E-state index contributed by atoms with van der Waals surface area (Å²) in [6.07, 6.45) is 0. The first-order chi connectivity index (χ1) is 9.58. The lowest BCUT2D eigenvalue weighted by molar-refractivity contribution is 0.252. The molecule has 0 aromatic heterocycles. The molecule has 6 heteroatoms. The topological polar surface area (TPSA) is 12.0 Å². The molecule has 0 aliphatic rings. The molecule has 0 atom stereocenters. The summed E-state index contributed by atoms with van der Waals surface area (Å²) in [6, 6.07) is 9.98. The first-order valence-corrected chi connectivity index (χ1v) is 6.66. The van der Waals surface area contributed by atoms with Gasteiger partial charge in [0.05, 0.1) is 0 Å². The quantitative estimate of drug-likeness (QED) is 0.623. The number of hydrogen-bond donors (Lipinski definition) is 1. The van der Waals surface area contributed by atoms with E-state index in [2.05, 4.69) is 5.32 Å². The van der Waals surface area contributed by atoms with Crippen molar-refractivity contribution in [1.82, 2.24) is 0 Å². The number of anilines is 1. The third kappa shape index (κ3) is 3.66. The van der Waals surface area contributed by atoms with E-state index in [1.54, 1.807) is 18.2 Å². The number of benzene rings is 2. The smallest absolute Gasteiger partial charge is 0.288 e. The number of alkyl halides is 2. The van der Waals surface area contributed by atoms with E-state index in [1.165, 1.54) is 12.1 Å². The van der Waals surface area contributed by atoms with Crippen LogP contribution < -0.4 is 5.32 Å². The van der Waals surface area contributed by atoms with E-state index in [0.29, 0.717) is 22.3 Å². The summed E-state index contributed by atoms with van der Waals surface area (Å²) in [5.74, 6) is -3.89. The van der Waals surface area contributed by atoms with Crippen LogP contribution in [0.15, 0.2) is 47.4 Å². The molecule has 2 aromatic carbocycles. The molecule has 0 spiro atoms. The second-order valence-corrected chi connectivity index (χ2v) is 4.96. The Bertz CT molecular complexity index is 569. The molecule has 1 N–H and O–H groups in total.